The summed E-state index contributed by atoms with van der Waals surface area (Å²) < 4.78 is 10.7. The number of anilines is 1. The highest BCUT2D eigenvalue weighted by Crippen LogP contribution is 2.36. The number of nitrogens with one attached hydrogen (secondary N) is 1. The first-order chi connectivity index (χ1) is 13.1. The number of thioether (sulfide) groups is 1. The monoisotopic (exact) mass is 377 g/mol. The second-order valence-electron chi connectivity index (χ2n) is 6.06. The molecule has 0 atom stereocenters. The van der Waals surface area contributed by atoms with Crippen LogP contribution in [-0.4, -0.2) is 23.4 Å². The molecule has 1 aromatic heterocycles. The van der Waals surface area contributed by atoms with Crippen LogP contribution in [0.1, 0.15) is 11.1 Å². The average Bonchev–Trinajstić information content (AvgIpc) is 3.11. The van der Waals surface area contributed by atoms with E-state index in [9.17, 15) is 10.1 Å². The van der Waals surface area contributed by atoms with Crippen molar-refractivity contribution in [3.05, 3.63) is 53.6 Å². The summed E-state index contributed by atoms with van der Waals surface area (Å²) in [6.07, 6.45) is 0. The van der Waals surface area contributed by atoms with Crippen molar-refractivity contribution in [2.75, 3.05) is 17.9 Å². The number of nitrogens with zero attached hydrogens (tertiary/aromatic N) is 2. The number of hydrogen-bond acceptors (Lipinski definition) is 6. The largest absolute Gasteiger partial charge is 0.454 e. The van der Waals surface area contributed by atoms with Crippen LogP contribution in [0.5, 0.6) is 11.5 Å². The average molecular weight is 377 g/mol. The van der Waals surface area contributed by atoms with Crippen LogP contribution in [0.2, 0.25) is 0 Å². The van der Waals surface area contributed by atoms with E-state index in [1.54, 1.807) is 12.1 Å². The molecule has 27 heavy (non-hydrogen) atoms. The van der Waals surface area contributed by atoms with Crippen LogP contribution in [0.15, 0.2) is 47.5 Å². The van der Waals surface area contributed by atoms with Gasteiger partial charge in [0.25, 0.3) is 0 Å². The summed E-state index contributed by atoms with van der Waals surface area (Å²) >= 11 is 1.23. The molecule has 0 bridgehead atoms. The highest BCUT2D eigenvalue weighted by molar-refractivity contribution is 8.00. The zero-order chi connectivity index (χ0) is 18.8. The number of carbonyl (C=O) groups excluding carboxylic acids is 1. The van der Waals surface area contributed by atoms with Gasteiger partial charge in [0.2, 0.25) is 12.7 Å². The number of aryl methyl sites for hydroxylation is 1. The van der Waals surface area contributed by atoms with Crippen LogP contribution in [0.25, 0.3) is 10.9 Å². The molecule has 0 aliphatic carbocycles. The fourth-order valence-electron chi connectivity index (χ4n) is 2.79. The minimum atomic E-state index is -0.151. The van der Waals surface area contributed by atoms with Crippen LogP contribution < -0.4 is 14.8 Å². The molecular formula is C20H15N3O3S. The number of nitriles is 1. The third-order valence-corrected chi connectivity index (χ3v) is 5.03. The predicted molar refractivity (Wildman–Crippen MR) is 103 cm³/mol. The van der Waals surface area contributed by atoms with Crippen molar-refractivity contribution in [1.82, 2.24) is 4.98 Å². The van der Waals surface area contributed by atoms with E-state index in [-0.39, 0.29) is 18.5 Å². The Hall–Kier alpha value is -3.24. The molecule has 0 unspecified atom stereocenters. The number of benzene rings is 2. The van der Waals surface area contributed by atoms with Crippen molar-refractivity contribution in [2.24, 2.45) is 0 Å². The lowest BCUT2D eigenvalue weighted by molar-refractivity contribution is -0.113. The van der Waals surface area contributed by atoms with E-state index < -0.39 is 0 Å². The van der Waals surface area contributed by atoms with Gasteiger partial charge in [-0.1, -0.05) is 23.9 Å². The zero-order valence-electron chi connectivity index (χ0n) is 14.5. The molecule has 0 spiro atoms. The number of aromatic nitrogens is 1. The first kappa shape index (κ1) is 17.2. The van der Waals surface area contributed by atoms with Gasteiger partial charge in [-0.2, -0.15) is 5.26 Å². The molecule has 0 radical (unpaired) electrons. The normalized spacial score (nSPS) is 12.0. The number of amides is 1. The Balaban J connectivity index is 1.53. The van der Waals surface area contributed by atoms with Gasteiger partial charge in [-0.25, -0.2) is 4.98 Å². The Kier molecular flexibility index (Phi) is 4.57. The Morgan fingerprint density at radius 1 is 1.26 bits per heavy atom. The number of carbonyl (C=O) groups is 1. The second kappa shape index (κ2) is 7.17. The topological polar surface area (TPSA) is 84.2 Å². The molecule has 1 N–H and O–H groups in total. The van der Waals surface area contributed by atoms with Crippen molar-refractivity contribution < 1.29 is 14.3 Å². The Morgan fingerprint density at radius 3 is 2.85 bits per heavy atom. The van der Waals surface area contributed by atoms with Gasteiger partial charge >= 0.3 is 0 Å². The molecule has 3 aromatic rings. The van der Waals surface area contributed by atoms with Crippen molar-refractivity contribution in [3.8, 4) is 17.6 Å². The summed E-state index contributed by atoms with van der Waals surface area (Å²) in [7, 11) is 0. The van der Waals surface area contributed by atoms with E-state index in [1.807, 2.05) is 37.3 Å². The van der Waals surface area contributed by atoms with Gasteiger partial charge in [0.15, 0.2) is 11.5 Å². The van der Waals surface area contributed by atoms with E-state index in [1.165, 1.54) is 11.8 Å². The minimum absolute atomic E-state index is 0.151. The van der Waals surface area contributed by atoms with Gasteiger partial charge in [-0.15, -0.1) is 0 Å². The molecule has 0 fully saturated rings. The fourth-order valence-corrected chi connectivity index (χ4v) is 3.55. The van der Waals surface area contributed by atoms with Crippen LogP contribution in [0.4, 0.5) is 5.69 Å². The van der Waals surface area contributed by atoms with Crippen LogP contribution in [0, 0.1) is 18.3 Å². The Bertz CT molecular complexity index is 1090. The highest BCUT2D eigenvalue weighted by atomic mass is 32.2. The van der Waals surface area contributed by atoms with Gasteiger partial charge in [-0.3, -0.25) is 4.79 Å². The van der Waals surface area contributed by atoms with Crippen LogP contribution in [0.3, 0.4) is 0 Å². The van der Waals surface area contributed by atoms with E-state index >= 15 is 0 Å². The first-order valence-corrected chi connectivity index (χ1v) is 9.25. The Labute approximate surface area is 160 Å². The molecule has 134 valence electrons. The lowest BCUT2D eigenvalue weighted by Crippen LogP contribution is -2.14. The quantitative estimate of drug-likeness (QED) is 0.695. The third kappa shape index (κ3) is 3.66. The molecule has 0 saturated carbocycles. The molecule has 6 nitrogen and oxygen atoms in total. The summed E-state index contributed by atoms with van der Waals surface area (Å²) in [6.45, 7) is 2.14. The van der Waals surface area contributed by atoms with Crippen LogP contribution in [-0.2, 0) is 4.79 Å². The van der Waals surface area contributed by atoms with Crippen LogP contribution >= 0.6 is 11.8 Å². The molecule has 1 aliphatic rings. The lowest BCUT2D eigenvalue weighted by atomic mass is 10.1. The predicted octanol–water partition coefficient (Wildman–Crippen LogP) is 3.87. The van der Waals surface area contributed by atoms with Gasteiger partial charge in [-0.05, 0) is 36.8 Å². The molecule has 1 amide bonds. The maximum Gasteiger partial charge on any atom is 0.234 e. The highest BCUT2D eigenvalue weighted by Gasteiger charge is 2.17. The van der Waals surface area contributed by atoms with E-state index in [4.69, 9.17) is 9.47 Å². The zero-order valence-corrected chi connectivity index (χ0v) is 15.3. The molecule has 0 saturated heterocycles. The van der Waals surface area contributed by atoms with Crippen molar-refractivity contribution >= 4 is 34.3 Å². The van der Waals surface area contributed by atoms with Gasteiger partial charge < -0.3 is 14.8 Å². The maximum absolute atomic E-state index is 12.2. The fraction of sp³-hybridized carbons (Fsp3) is 0.150. The summed E-state index contributed by atoms with van der Waals surface area (Å²) in [5, 5.41) is 13.6. The summed E-state index contributed by atoms with van der Waals surface area (Å²) in [5.74, 6) is 1.28. The number of pyridine rings is 1. The number of fused-ring (bicyclic) bond motifs is 2. The molecule has 4 rings (SSSR count). The van der Waals surface area contributed by atoms with Crippen molar-refractivity contribution in [2.45, 2.75) is 11.9 Å². The Morgan fingerprint density at radius 2 is 2.07 bits per heavy atom. The number of rotatable bonds is 4. The van der Waals surface area contributed by atoms with E-state index in [0.717, 1.165) is 16.6 Å². The van der Waals surface area contributed by atoms with E-state index in [2.05, 4.69) is 16.4 Å². The van der Waals surface area contributed by atoms with Gasteiger partial charge in [0.05, 0.1) is 16.8 Å². The van der Waals surface area contributed by atoms with E-state index in [0.29, 0.717) is 27.6 Å². The van der Waals surface area contributed by atoms with Gasteiger partial charge in [0.1, 0.15) is 11.1 Å². The lowest BCUT2D eigenvalue weighted by Gasteiger charge is -2.08. The standard InChI is InChI=1S/C20H15N3O3S/c1-12-3-2-4-15(5-12)22-19(24)10-27-20-14(9-21)6-13-7-17-18(26-11-25-17)8-16(13)23-20/h2-8H,10-11H2,1H3,(H,22,24). The minimum Gasteiger partial charge on any atom is -0.454 e. The molecule has 1 aliphatic heterocycles. The SMILES string of the molecule is Cc1cccc(NC(=O)CSc2nc3cc4c(cc3cc2C#N)OCO4)c1. The molecule has 2 aromatic carbocycles. The summed E-state index contributed by atoms with van der Waals surface area (Å²) in [4.78, 5) is 16.8. The van der Waals surface area contributed by atoms with Crippen molar-refractivity contribution in [1.29, 1.82) is 5.26 Å². The molecular weight excluding hydrogens is 362 g/mol. The smallest absolute Gasteiger partial charge is 0.234 e. The van der Waals surface area contributed by atoms with Crippen molar-refractivity contribution in [3.63, 3.8) is 0 Å². The van der Waals surface area contributed by atoms with Gasteiger partial charge in [0, 0.05) is 17.1 Å². The summed E-state index contributed by atoms with van der Waals surface area (Å²) in [6, 6.07) is 15.1. The number of ether oxygens (including phenoxy) is 2. The molecule has 7 heteroatoms. The third-order valence-electron chi connectivity index (χ3n) is 4.04. The second-order valence-corrected chi connectivity index (χ2v) is 7.02. The maximum atomic E-state index is 12.2. The summed E-state index contributed by atoms with van der Waals surface area (Å²) in [5.41, 5.74) is 2.94. The first-order valence-electron chi connectivity index (χ1n) is 8.26. The molecule has 2 heterocycles. The number of hydrogen-bond donors (Lipinski definition) is 1.